The van der Waals surface area contributed by atoms with Crippen molar-refractivity contribution in [3.63, 3.8) is 0 Å². The number of esters is 1. The van der Waals surface area contributed by atoms with Gasteiger partial charge in [-0.1, -0.05) is 13.3 Å². The molecule has 70 valence electrons. The average Bonchev–Trinajstić information content (AvgIpc) is 1.99. The summed E-state index contributed by atoms with van der Waals surface area (Å²) in [6.07, 6.45) is 2.59. The molecule has 12 heavy (non-hydrogen) atoms. The van der Waals surface area contributed by atoms with E-state index in [2.05, 4.69) is 11.7 Å². The molecule has 0 N–H and O–H groups in total. The van der Waals surface area contributed by atoms with E-state index in [0.717, 1.165) is 19.3 Å². The maximum absolute atomic E-state index is 10.9. The first-order valence-electron chi connectivity index (χ1n) is 4.37. The smallest absolute Gasteiger partial charge is 0.335 e. The highest BCUT2D eigenvalue weighted by Crippen LogP contribution is 2.36. The lowest BCUT2D eigenvalue weighted by Gasteiger charge is -2.43. The van der Waals surface area contributed by atoms with E-state index in [1.165, 1.54) is 7.11 Å². The number of hydrogen-bond donors (Lipinski definition) is 0. The highest BCUT2D eigenvalue weighted by molar-refractivity contribution is 5.75. The Kier molecular flexibility index (Phi) is 2.73. The molecule has 1 aliphatic rings. The van der Waals surface area contributed by atoms with E-state index in [1.54, 1.807) is 0 Å². The second kappa shape index (κ2) is 3.44. The van der Waals surface area contributed by atoms with Gasteiger partial charge in [-0.15, -0.1) is 0 Å². The zero-order valence-electron chi connectivity index (χ0n) is 7.92. The topological polar surface area (TPSA) is 35.5 Å². The van der Waals surface area contributed by atoms with E-state index in [1.807, 2.05) is 6.92 Å². The molecule has 1 fully saturated rings. The van der Waals surface area contributed by atoms with Crippen LogP contribution in [0.1, 0.15) is 33.1 Å². The number of ether oxygens (including phenoxy) is 2. The van der Waals surface area contributed by atoms with Crippen LogP contribution >= 0.6 is 0 Å². The zero-order valence-corrected chi connectivity index (χ0v) is 7.92. The largest absolute Gasteiger partial charge is 0.467 e. The molecule has 3 nitrogen and oxygen atoms in total. The fraction of sp³-hybridized carbons (Fsp3) is 0.889. The number of carbonyl (C=O) groups is 1. The summed E-state index contributed by atoms with van der Waals surface area (Å²) >= 11 is 0. The van der Waals surface area contributed by atoms with Gasteiger partial charge in [-0.3, -0.25) is 0 Å². The summed E-state index contributed by atoms with van der Waals surface area (Å²) in [5, 5.41) is 0. The molecule has 0 aromatic heterocycles. The van der Waals surface area contributed by atoms with Crippen LogP contribution in [0, 0.1) is 0 Å². The summed E-state index contributed by atoms with van der Waals surface area (Å²) in [5.74, 6) is -0.247. The van der Waals surface area contributed by atoms with E-state index < -0.39 is 0 Å². The molecule has 0 spiro atoms. The van der Waals surface area contributed by atoms with Crippen molar-refractivity contribution in [3.8, 4) is 0 Å². The van der Waals surface area contributed by atoms with E-state index in [9.17, 15) is 4.79 Å². The number of hydrogen-bond acceptors (Lipinski definition) is 3. The van der Waals surface area contributed by atoms with Crippen LogP contribution in [0.3, 0.4) is 0 Å². The van der Waals surface area contributed by atoms with Gasteiger partial charge in [0.25, 0.3) is 0 Å². The molecule has 0 amide bonds. The Morgan fingerprint density at radius 2 is 2.33 bits per heavy atom. The van der Waals surface area contributed by atoms with E-state index in [-0.39, 0.29) is 17.7 Å². The number of carbonyl (C=O) groups excluding carboxylic acids is 1. The van der Waals surface area contributed by atoms with E-state index in [4.69, 9.17) is 4.74 Å². The molecule has 0 saturated carbocycles. The third kappa shape index (κ3) is 1.78. The van der Waals surface area contributed by atoms with Crippen molar-refractivity contribution in [3.05, 3.63) is 0 Å². The van der Waals surface area contributed by atoms with Gasteiger partial charge >= 0.3 is 5.97 Å². The highest BCUT2D eigenvalue weighted by Gasteiger charge is 2.44. The Morgan fingerprint density at radius 3 is 2.75 bits per heavy atom. The van der Waals surface area contributed by atoms with Crippen LogP contribution in [0.25, 0.3) is 0 Å². The van der Waals surface area contributed by atoms with Crippen LogP contribution < -0.4 is 0 Å². The molecule has 3 heteroatoms. The van der Waals surface area contributed by atoms with Crippen LogP contribution in [-0.2, 0) is 14.3 Å². The van der Waals surface area contributed by atoms with Crippen molar-refractivity contribution in [2.45, 2.75) is 44.8 Å². The third-order valence-electron chi connectivity index (χ3n) is 2.29. The Bertz CT molecular complexity index is 171. The van der Waals surface area contributed by atoms with Crippen LogP contribution in [0.5, 0.6) is 0 Å². The Balaban J connectivity index is 2.31. The maximum Gasteiger partial charge on any atom is 0.335 e. The highest BCUT2D eigenvalue weighted by atomic mass is 16.6. The molecule has 1 aliphatic heterocycles. The minimum atomic E-state index is -0.313. The lowest BCUT2D eigenvalue weighted by molar-refractivity contribution is -0.216. The van der Waals surface area contributed by atoms with Crippen LogP contribution in [0.4, 0.5) is 0 Å². The summed E-state index contributed by atoms with van der Waals surface area (Å²) in [7, 11) is 1.39. The molecular formula is C9H16O3. The Morgan fingerprint density at radius 1 is 1.75 bits per heavy atom. The standard InChI is InChI=1S/C9H16O3/c1-4-5-9(2)6-7(12-9)8(10)11-3/h7H,4-6H2,1-3H3. The third-order valence-corrected chi connectivity index (χ3v) is 2.29. The predicted molar refractivity (Wildman–Crippen MR) is 44.8 cm³/mol. The summed E-state index contributed by atoms with van der Waals surface area (Å²) in [6.45, 7) is 4.15. The molecule has 1 heterocycles. The molecule has 1 saturated heterocycles. The van der Waals surface area contributed by atoms with Crippen LogP contribution in [0.15, 0.2) is 0 Å². The molecule has 0 bridgehead atoms. The Hall–Kier alpha value is -0.570. The molecular weight excluding hydrogens is 156 g/mol. The van der Waals surface area contributed by atoms with Gasteiger partial charge in [0.1, 0.15) is 0 Å². The van der Waals surface area contributed by atoms with Crippen LogP contribution in [0.2, 0.25) is 0 Å². The van der Waals surface area contributed by atoms with E-state index in [0.29, 0.717) is 0 Å². The molecule has 1 rings (SSSR count). The molecule has 0 aromatic carbocycles. The summed E-state index contributed by atoms with van der Waals surface area (Å²) < 4.78 is 10.0. The molecule has 0 aliphatic carbocycles. The fourth-order valence-electron chi connectivity index (χ4n) is 1.68. The molecule has 2 atom stereocenters. The Labute approximate surface area is 73.0 Å². The summed E-state index contributed by atoms with van der Waals surface area (Å²) in [6, 6.07) is 0. The minimum absolute atomic E-state index is 0.0758. The number of methoxy groups -OCH3 is 1. The van der Waals surface area contributed by atoms with Crippen molar-refractivity contribution in [1.82, 2.24) is 0 Å². The van der Waals surface area contributed by atoms with Gasteiger partial charge in [-0.25, -0.2) is 4.79 Å². The molecule has 0 radical (unpaired) electrons. The van der Waals surface area contributed by atoms with Crippen molar-refractivity contribution in [2.75, 3.05) is 7.11 Å². The van der Waals surface area contributed by atoms with Gasteiger partial charge in [0.05, 0.1) is 12.7 Å². The van der Waals surface area contributed by atoms with Gasteiger partial charge in [0.2, 0.25) is 0 Å². The summed E-state index contributed by atoms with van der Waals surface area (Å²) in [5.41, 5.74) is -0.0758. The van der Waals surface area contributed by atoms with Crippen LogP contribution in [-0.4, -0.2) is 24.8 Å². The van der Waals surface area contributed by atoms with Gasteiger partial charge < -0.3 is 9.47 Å². The maximum atomic E-state index is 10.9. The van der Waals surface area contributed by atoms with Gasteiger partial charge in [-0.2, -0.15) is 0 Å². The van der Waals surface area contributed by atoms with Crippen molar-refractivity contribution >= 4 is 5.97 Å². The lowest BCUT2D eigenvalue weighted by Crippen LogP contribution is -2.52. The second-order valence-corrected chi connectivity index (χ2v) is 3.53. The first-order valence-corrected chi connectivity index (χ1v) is 4.37. The normalized spacial score (nSPS) is 34.1. The van der Waals surface area contributed by atoms with Crippen molar-refractivity contribution in [2.24, 2.45) is 0 Å². The first-order chi connectivity index (χ1) is 5.61. The van der Waals surface area contributed by atoms with Crippen molar-refractivity contribution in [1.29, 1.82) is 0 Å². The van der Waals surface area contributed by atoms with E-state index >= 15 is 0 Å². The molecule has 0 aromatic rings. The molecule has 2 unspecified atom stereocenters. The lowest BCUT2D eigenvalue weighted by atomic mass is 9.87. The SMILES string of the molecule is CCCC1(C)CC(C(=O)OC)O1. The predicted octanol–water partition coefficient (Wildman–Crippen LogP) is 1.51. The summed E-state index contributed by atoms with van der Waals surface area (Å²) in [4.78, 5) is 10.9. The second-order valence-electron chi connectivity index (χ2n) is 3.53. The van der Waals surface area contributed by atoms with Gasteiger partial charge in [0.15, 0.2) is 6.10 Å². The quantitative estimate of drug-likeness (QED) is 0.605. The van der Waals surface area contributed by atoms with Gasteiger partial charge in [-0.05, 0) is 13.3 Å². The average molecular weight is 172 g/mol. The number of rotatable bonds is 3. The fourth-order valence-corrected chi connectivity index (χ4v) is 1.68. The monoisotopic (exact) mass is 172 g/mol. The van der Waals surface area contributed by atoms with Crippen molar-refractivity contribution < 1.29 is 14.3 Å². The first kappa shape index (κ1) is 9.52. The minimum Gasteiger partial charge on any atom is -0.467 e. The van der Waals surface area contributed by atoms with Gasteiger partial charge in [0, 0.05) is 6.42 Å². The zero-order chi connectivity index (χ0) is 9.19.